The molecule has 1 aromatic carbocycles. The van der Waals surface area contributed by atoms with Crippen molar-refractivity contribution in [1.29, 1.82) is 0 Å². The summed E-state index contributed by atoms with van der Waals surface area (Å²) in [5.41, 5.74) is 0.147. The lowest BCUT2D eigenvalue weighted by atomic mass is 10.1. The zero-order valence-electron chi connectivity index (χ0n) is 11.1. The van der Waals surface area contributed by atoms with Crippen molar-refractivity contribution in [3.8, 4) is 0 Å². The third-order valence-corrected chi connectivity index (χ3v) is 3.61. The van der Waals surface area contributed by atoms with E-state index in [2.05, 4.69) is 10.6 Å². The summed E-state index contributed by atoms with van der Waals surface area (Å²) in [5.74, 6) is -0.978. The summed E-state index contributed by atoms with van der Waals surface area (Å²) in [6.45, 7) is 2.77. The van der Waals surface area contributed by atoms with E-state index < -0.39 is 5.82 Å². The summed E-state index contributed by atoms with van der Waals surface area (Å²) in [6.07, 6.45) is 2.23. The number of carbonyl (C=O) groups excluding carboxylic acids is 1. The van der Waals surface area contributed by atoms with E-state index in [1.54, 1.807) is 0 Å². The van der Waals surface area contributed by atoms with Crippen LogP contribution in [0.5, 0.6) is 0 Å². The minimum atomic E-state index is -0.592. The van der Waals surface area contributed by atoms with Gasteiger partial charge in [0.05, 0.1) is 23.3 Å². The van der Waals surface area contributed by atoms with E-state index in [4.69, 9.17) is 16.3 Å². The van der Waals surface area contributed by atoms with Crippen LogP contribution in [0.3, 0.4) is 0 Å². The Kier molecular flexibility index (Phi) is 5.76. The van der Waals surface area contributed by atoms with Crippen molar-refractivity contribution in [1.82, 2.24) is 10.6 Å². The number of benzene rings is 1. The molecule has 6 heteroatoms. The lowest BCUT2D eigenvalue weighted by Crippen LogP contribution is -2.34. The first-order chi connectivity index (χ1) is 9.68. The Labute approximate surface area is 122 Å². The molecule has 0 saturated carbocycles. The quantitative estimate of drug-likeness (QED) is 0.818. The summed E-state index contributed by atoms with van der Waals surface area (Å²) in [7, 11) is 0. The number of rotatable bonds is 5. The minimum absolute atomic E-state index is 0.147. The fraction of sp³-hybridized carbons (Fsp3) is 0.500. The third kappa shape index (κ3) is 4.16. The van der Waals surface area contributed by atoms with Gasteiger partial charge in [0.25, 0.3) is 5.91 Å². The number of halogens is 2. The fourth-order valence-corrected chi connectivity index (χ4v) is 2.34. The maximum atomic E-state index is 13.2. The number of hydrogen-bond donors (Lipinski definition) is 2. The van der Waals surface area contributed by atoms with E-state index in [1.807, 2.05) is 0 Å². The number of nitrogens with one attached hydrogen (secondary N) is 2. The number of carbonyl (C=O) groups is 1. The number of amides is 1. The van der Waals surface area contributed by atoms with Crippen LogP contribution in [0.4, 0.5) is 4.39 Å². The van der Waals surface area contributed by atoms with Crippen LogP contribution in [0, 0.1) is 5.82 Å². The van der Waals surface area contributed by atoms with Crippen LogP contribution in [0.15, 0.2) is 18.2 Å². The summed E-state index contributed by atoms with van der Waals surface area (Å²) in [4.78, 5) is 11.8. The molecule has 1 amide bonds. The highest BCUT2D eigenvalue weighted by Crippen LogP contribution is 2.19. The molecule has 0 aliphatic carbocycles. The van der Waals surface area contributed by atoms with Gasteiger partial charge < -0.3 is 15.4 Å². The van der Waals surface area contributed by atoms with Crippen molar-refractivity contribution < 1.29 is 13.9 Å². The van der Waals surface area contributed by atoms with Crippen LogP contribution in [-0.2, 0) is 4.74 Å². The molecule has 0 atom stereocenters. The van der Waals surface area contributed by atoms with Crippen LogP contribution in [0.1, 0.15) is 23.2 Å². The molecular weight excluding hydrogens is 283 g/mol. The highest BCUT2D eigenvalue weighted by molar-refractivity contribution is 6.34. The molecule has 0 bridgehead atoms. The lowest BCUT2D eigenvalue weighted by Gasteiger charge is -2.22. The van der Waals surface area contributed by atoms with Crippen molar-refractivity contribution in [2.75, 3.05) is 26.2 Å². The maximum Gasteiger partial charge on any atom is 0.252 e. The van der Waals surface area contributed by atoms with Gasteiger partial charge in [-0.3, -0.25) is 4.79 Å². The average Bonchev–Trinajstić information content (AvgIpc) is 2.47. The van der Waals surface area contributed by atoms with Gasteiger partial charge in [-0.2, -0.15) is 0 Å². The Balaban J connectivity index is 1.73. The second-order valence-electron chi connectivity index (χ2n) is 4.68. The molecule has 2 N–H and O–H groups in total. The van der Waals surface area contributed by atoms with E-state index in [1.165, 1.54) is 18.2 Å². The summed E-state index contributed by atoms with van der Waals surface area (Å²) in [6, 6.07) is 4.18. The maximum absolute atomic E-state index is 13.2. The molecule has 1 fully saturated rings. The highest BCUT2D eigenvalue weighted by atomic mass is 35.5. The summed E-state index contributed by atoms with van der Waals surface area (Å²) in [5, 5.41) is 5.78. The first kappa shape index (κ1) is 15.2. The Morgan fingerprint density at radius 3 is 2.95 bits per heavy atom. The van der Waals surface area contributed by atoms with Gasteiger partial charge >= 0.3 is 0 Å². The molecule has 0 radical (unpaired) electrons. The summed E-state index contributed by atoms with van der Waals surface area (Å²) < 4.78 is 18.9. The molecule has 1 aliphatic heterocycles. The van der Waals surface area contributed by atoms with E-state index in [0.717, 1.165) is 25.9 Å². The zero-order valence-corrected chi connectivity index (χ0v) is 11.9. The van der Waals surface area contributed by atoms with E-state index in [-0.39, 0.29) is 22.6 Å². The zero-order chi connectivity index (χ0) is 14.4. The topological polar surface area (TPSA) is 50.4 Å². The van der Waals surface area contributed by atoms with Crippen LogP contribution in [0.2, 0.25) is 5.02 Å². The van der Waals surface area contributed by atoms with Gasteiger partial charge in [-0.1, -0.05) is 17.7 Å². The van der Waals surface area contributed by atoms with Gasteiger partial charge in [-0.25, -0.2) is 4.39 Å². The van der Waals surface area contributed by atoms with Crippen LogP contribution >= 0.6 is 11.6 Å². The van der Waals surface area contributed by atoms with Crippen molar-refractivity contribution >= 4 is 17.5 Å². The Bertz CT molecular complexity index is 464. The molecule has 0 unspecified atom stereocenters. The second-order valence-corrected chi connectivity index (χ2v) is 5.06. The van der Waals surface area contributed by atoms with Gasteiger partial charge in [0.1, 0.15) is 5.82 Å². The Morgan fingerprint density at radius 1 is 1.45 bits per heavy atom. The van der Waals surface area contributed by atoms with Gasteiger partial charge in [0.2, 0.25) is 0 Å². The molecule has 0 spiro atoms. The predicted molar refractivity (Wildman–Crippen MR) is 75.6 cm³/mol. The SMILES string of the molecule is O=C(NCCOC1CCNCC1)c1cccc(F)c1Cl. The number of ether oxygens (including phenoxy) is 1. The normalized spacial score (nSPS) is 16.1. The molecule has 20 heavy (non-hydrogen) atoms. The lowest BCUT2D eigenvalue weighted by molar-refractivity contribution is 0.0343. The number of piperidine rings is 1. The molecule has 4 nitrogen and oxygen atoms in total. The molecule has 2 rings (SSSR count). The van der Waals surface area contributed by atoms with Gasteiger partial charge in [-0.15, -0.1) is 0 Å². The van der Waals surface area contributed by atoms with Crippen LogP contribution in [0.25, 0.3) is 0 Å². The monoisotopic (exact) mass is 300 g/mol. The van der Waals surface area contributed by atoms with Crippen molar-refractivity contribution in [2.24, 2.45) is 0 Å². The van der Waals surface area contributed by atoms with Crippen molar-refractivity contribution in [2.45, 2.75) is 18.9 Å². The van der Waals surface area contributed by atoms with Crippen LogP contribution in [-0.4, -0.2) is 38.3 Å². The highest BCUT2D eigenvalue weighted by Gasteiger charge is 2.14. The fourth-order valence-electron chi connectivity index (χ4n) is 2.13. The minimum Gasteiger partial charge on any atom is -0.376 e. The van der Waals surface area contributed by atoms with Crippen molar-refractivity contribution in [3.05, 3.63) is 34.6 Å². The van der Waals surface area contributed by atoms with Crippen molar-refractivity contribution in [3.63, 3.8) is 0 Å². The molecule has 1 aromatic rings. The second kappa shape index (κ2) is 7.57. The third-order valence-electron chi connectivity index (χ3n) is 3.22. The average molecular weight is 301 g/mol. The Morgan fingerprint density at radius 2 is 2.20 bits per heavy atom. The van der Waals surface area contributed by atoms with Crippen LogP contribution < -0.4 is 10.6 Å². The predicted octanol–water partition coefficient (Wildman–Crippen LogP) is 1.98. The van der Waals surface area contributed by atoms with E-state index in [0.29, 0.717) is 13.2 Å². The van der Waals surface area contributed by atoms with Gasteiger partial charge in [0, 0.05) is 6.54 Å². The summed E-state index contributed by atoms with van der Waals surface area (Å²) >= 11 is 5.75. The van der Waals surface area contributed by atoms with E-state index in [9.17, 15) is 9.18 Å². The van der Waals surface area contributed by atoms with E-state index >= 15 is 0 Å². The largest absolute Gasteiger partial charge is 0.376 e. The van der Waals surface area contributed by atoms with Gasteiger partial charge in [-0.05, 0) is 38.1 Å². The smallest absolute Gasteiger partial charge is 0.252 e. The molecule has 1 saturated heterocycles. The first-order valence-corrected chi connectivity index (χ1v) is 7.11. The standard InChI is InChI=1S/C14H18ClFN2O2/c15-13-11(2-1-3-12(13)16)14(19)18-8-9-20-10-4-6-17-7-5-10/h1-3,10,17H,4-9H2,(H,18,19). The molecular formula is C14H18ClFN2O2. The number of hydrogen-bond acceptors (Lipinski definition) is 3. The molecule has 0 aromatic heterocycles. The van der Waals surface area contributed by atoms with Gasteiger partial charge in [0.15, 0.2) is 0 Å². The molecule has 110 valence electrons. The Hall–Kier alpha value is -1.17. The molecule has 1 aliphatic rings. The first-order valence-electron chi connectivity index (χ1n) is 6.73. The molecule has 1 heterocycles.